The lowest BCUT2D eigenvalue weighted by Gasteiger charge is -2.44. The van der Waals surface area contributed by atoms with E-state index in [2.05, 4.69) is 42.1 Å². The number of anilines is 1. The first-order valence-electron chi connectivity index (χ1n) is 9.39. The minimum atomic E-state index is -0.172. The second-order valence-corrected chi connectivity index (χ2v) is 9.26. The van der Waals surface area contributed by atoms with Gasteiger partial charge >= 0.3 is 0 Å². The lowest BCUT2D eigenvalue weighted by atomic mass is 9.87. The number of ether oxygens (including phenoxy) is 1. The Morgan fingerprint density at radius 2 is 2.18 bits per heavy atom. The molecule has 28 heavy (non-hydrogen) atoms. The summed E-state index contributed by atoms with van der Waals surface area (Å²) >= 11 is 7.15. The number of rotatable bonds is 5. The number of halogens is 2. The van der Waals surface area contributed by atoms with Gasteiger partial charge in [-0.2, -0.15) is 0 Å². The molecule has 3 heterocycles. The average Bonchev–Trinajstić information content (AvgIpc) is 2.98. The zero-order valence-corrected chi connectivity index (χ0v) is 19.3. The number of nitrogens with zero attached hydrogens (tertiary/aromatic N) is 3. The van der Waals surface area contributed by atoms with Crippen LogP contribution in [0.3, 0.4) is 0 Å². The van der Waals surface area contributed by atoms with Crippen LogP contribution in [0.1, 0.15) is 27.6 Å². The summed E-state index contributed by atoms with van der Waals surface area (Å²) in [6.07, 6.45) is 0.904. The average molecular weight is 512 g/mol. The number of nitrogens with one attached hydrogen (secondary N) is 1. The number of carbonyl (C=O) groups is 1. The topological polar surface area (TPSA) is 59.4 Å². The highest BCUT2D eigenvalue weighted by atomic mass is 79.9. The molecule has 0 saturated carbocycles. The third-order valence-corrected chi connectivity index (χ3v) is 7.76. The van der Waals surface area contributed by atoms with E-state index in [1.165, 1.54) is 0 Å². The number of hydrogen-bond acceptors (Lipinski definition) is 4. The van der Waals surface area contributed by atoms with Gasteiger partial charge in [0.05, 0.1) is 18.9 Å². The van der Waals surface area contributed by atoms with Crippen molar-refractivity contribution in [1.29, 1.82) is 0 Å². The summed E-state index contributed by atoms with van der Waals surface area (Å²) < 4.78 is 8.36. The zero-order chi connectivity index (χ0) is 19.9. The van der Waals surface area contributed by atoms with E-state index in [0.29, 0.717) is 5.82 Å². The van der Waals surface area contributed by atoms with Crippen LogP contribution in [0.15, 0.2) is 22.7 Å². The molecule has 0 spiro atoms. The first kappa shape index (κ1) is 20.1. The van der Waals surface area contributed by atoms with E-state index in [0.717, 1.165) is 71.7 Å². The fourth-order valence-corrected chi connectivity index (χ4v) is 4.78. The van der Waals surface area contributed by atoms with Gasteiger partial charge in [-0.3, -0.25) is 9.69 Å². The van der Waals surface area contributed by atoms with E-state index >= 15 is 0 Å². The number of aromatic nitrogens is 2. The molecule has 1 N–H and O–H groups in total. The highest BCUT2D eigenvalue weighted by Gasteiger charge is 2.40. The van der Waals surface area contributed by atoms with Crippen LogP contribution < -0.4 is 5.32 Å². The Labute approximate surface area is 181 Å². The van der Waals surface area contributed by atoms with Crippen molar-refractivity contribution in [3.05, 3.63) is 45.4 Å². The molecule has 6 nitrogen and oxygen atoms in total. The Bertz CT molecular complexity index is 902. The Morgan fingerprint density at radius 1 is 1.39 bits per heavy atom. The molecule has 4 rings (SSSR count). The van der Waals surface area contributed by atoms with E-state index < -0.39 is 0 Å². The molecule has 1 amide bonds. The number of imidazole rings is 1. The van der Waals surface area contributed by atoms with Gasteiger partial charge in [0.2, 0.25) is 0 Å². The van der Waals surface area contributed by atoms with Crippen molar-refractivity contribution >= 4 is 43.5 Å². The van der Waals surface area contributed by atoms with E-state index in [9.17, 15) is 4.79 Å². The summed E-state index contributed by atoms with van der Waals surface area (Å²) in [6, 6.07) is 5.78. The van der Waals surface area contributed by atoms with Crippen LogP contribution in [0.5, 0.6) is 0 Å². The van der Waals surface area contributed by atoms with Crippen molar-refractivity contribution in [3.63, 3.8) is 0 Å². The Morgan fingerprint density at radius 3 is 2.86 bits per heavy atom. The van der Waals surface area contributed by atoms with Gasteiger partial charge in [0.25, 0.3) is 5.91 Å². The van der Waals surface area contributed by atoms with Crippen LogP contribution in [-0.2, 0) is 24.8 Å². The molecule has 1 saturated heterocycles. The number of alkyl halides is 1. The van der Waals surface area contributed by atoms with Crippen molar-refractivity contribution in [2.45, 2.75) is 19.9 Å². The largest absolute Gasteiger partial charge is 0.380 e. The molecule has 1 fully saturated rings. The molecular formula is C20H24Br2N4O2. The molecule has 2 aromatic rings. The van der Waals surface area contributed by atoms with Gasteiger partial charge in [0.15, 0.2) is 5.82 Å². The molecule has 1 aromatic heterocycles. The first-order valence-corrected chi connectivity index (χ1v) is 11.3. The van der Waals surface area contributed by atoms with Crippen LogP contribution >= 0.6 is 31.9 Å². The van der Waals surface area contributed by atoms with E-state index in [-0.39, 0.29) is 11.3 Å². The predicted octanol–water partition coefficient (Wildman–Crippen LogP) is 3.51. The van der Waals surface area contributed by atoms with Crippen LogP contribution in [0.2, 0.25) is 0 Å². The van der Waals surface area contributed by atoms with Gasteiger partial charge in [0.1, 0.15) is 0 Å². The molecule has 0 radical (unpaired) electrons. The summed E-state index contributed by atoms with van der Waals surface area (Å²) in [5.41, 5.74) is 4.18. The minimum Gasteiger partial charge on any atom is -0.380 e. The fraction of sp³-hybridized carbons (Fsp3) is 0.500. The van der Waals surface area contributed by atoms with Gasteiger partial charge in [-0.25, -0.2) is 4.98 Å². The standard InChI is InChI=1S/C20H24Br2N4O2/c1-13-14(22)4-3-5-15(13)24-19(27)18-23-16-8-26(7-6-17(16)25(18)2)10-20(9-21)11-28-12-20/h3-5H,6-12H2,1-2H3,(H,24,27). The monoisotopic (exact) mass is 510 g/mol. The van der Waals surface area contributed by atoms with Crippen molar-refractivity contribution in [2.24, 2.45) is 12.5 Å². The van der Waals surface area contributed by atoms with Crippen LogP contribution in [0.4, 0.5) is 5.69 Å². The maximum Gasteiger partial charge on any atom is 0.291 e. The number of benzene rings is 1. The molecule has 0 bridgehead atoms. The smallest absolute Gasteiger partial charge is 0.291 e. The summed E-state index contributed by atoms with van der Waals surface area (Å²) in [5, 5.41) is 3.96. The van der Waals surface area contributed by atoms with E-state index in [1.807, 2.05) is 36.7 Å². The van der Waals surface area contributed by atoms with Gasteiger partial charge in [-0.05, 0) is 24.6 Å². The van der Waals surface area contributed by atoms with Gasteiger partial charge in [0, 0.05) is 59.7 Å². The number of amides is 1. The van der Waals surface area contributed by atoms with E-state index in [1.54, 1.807) is 0 Å². The maximum atomic E-state index is 12.9. The Kier molecular flexibility index (Phi) is 5.66. The molecule has 150 valence electrons. The highest BCUT2D eigenvalue weighted by molar-refractivity contribution is 9.10. The molecule has 2 aliphatic rings. The van der Waals surface area contributed by atoms with Crippen molar-refractivity contribution < 1.29 is 9.53 Å². The Hall–Kier alpha value is -1.22. The van der Waals surface area contributed by atoms with Crippen molar-refractivity contribution in [2.75, 3.05) is 37.0 Å². The maximum absolute atomic E-state index is 12.9. The molecule has 0 atom stereocenters. The third kappa shape index (κ3) is 3.67. The fourth-order valence-electron chi connectivity index (χ4n) is 3.92. The summed E-state index contributed by atoms with van der Waals surface area (Å²) in [4.78, 5) is 20.0. The second kappa shape index (κ2) is 7.89. The van der Waals surface area contributed by atoms with Crippen LogP contribution in [0.25, 0.3) is 0 Å². The highest BCUT2D eigenvalue weighted by Crippen LogP contribution is 2.32. The summed E-state index contributed by atoms with van der Waals surface area (Å²) in [6.45, 7) is 6.35. The minimum absolute atomic E-state index is 0.172. The molecule has 1 aromatic carbocycles. The number of hydrogen-bond donors (Lipinski definition) is 1. The predicted molar refractivity (Wildman–Crippen MR) is 116 cm³/mol. The summed E-state index contributed by atoms with van der Waals surface area (Å²) in [7, 11) is 1.93. The van der Waals surface area contributed by atoms with Crippen molar-refractivity contribution in [3.8, 4) is 0 Å². The van der Waals surface area contributed by atoms with E-state index in [4.69, 9.17) is 9.72 Å². The SMILES string of the molecule is Cc1c(Br)cccc1NC(=O)c1nc2c(n1C)CCN(CC1(CBr)COC1)C2. The normalized spacial score (nSPS) is 18.4. The summed E-state index contributed by atoms with van der Waals surface area (Å²) in [5.74, 6) is 0.294. The van der Waals surface area contributed by atoms with Crippen LogP contribution in [0, 0.1) is 12.3 Å². The second-order valence-electron chi connectivity index (χ2n) is 7.84. The Balaban J connectivity index is 1.50. The molecule has 8 heteroatoms. The van der Waals surface area contributed by atoms with Gasteiger partial charge in [-0.15, -0.1) is 0 Å². The van der Waals surface area contributed by atoms with Crippen molar-refractivity contribution in [1.82, 2.24) is 14.5 Å². The first-order chi connectivity index (χ1) is 13.4. The quantitative estimate of drug-likeness (QED) is 0.624. The third-order valence-electron chi connectivity index (χ3n) is 5.71. The van der Waals surface area contributed by atoms with Gasteiger partial charge < -0.3 is 14.6 Å². The zero-order valence-electron chi connectivity index (χ0n) is 16.1. The molecule has 2 aliphatic heterocycles. The lowest BCUT2D eigenvalue weighted by Crippen LogP contribution is -2.52. The molecule has 0 aliphatic carbocycles. The van der Waals surface area contributed by atoms with Gasteiger partial charge in [-0.1, -0.05) is 37.9 Å². The molecular weight excluding hydrogens is 488 g/mol. The lowest BCUT2D eigenvalue weighted by molar-refractivity contribution is -0.112. The number of fused-ring (bicyclic) bond motifs is 1. The number of carbonyl (C=O) groups excluding carboxylic acids is 1. The molecule has 0 unspecified atom stereocenters. The van der Waals surface area contributed by atoms with Crippen LogP contribution in [-0.4, -0.2) is 52.0 Å².